The maximum Gasteiger partial charge on any atom is 0.341 e. The Morgan fingerprint density at radius 3 is 2.33 bits per heavy atom. The van der Waals surface area contributed by atoms with Gasteiger partial charge in [-0.25, -0.2) is 8.42 Å². The second-order valence-corrected chi connectivity index (χ2v) is 7.87. The first-order chi connectivity index (χ1) is 12.8. The molecule has 142 valence electrons. The van der Waals surface area contributed by atoms with E-state index in [1.807, 2.05) is 0 Å². The molecule has 0 aliphatic carbocycles. The molecule has 1 aliphatic rings. The zero-order chi connectivity index (χ0) is 19.6. The molecule has 0 bridgehead atoms. The van der Waals surface area contributed by atoms with E-state index in [0.717, 1.165) is 30.7 Å². The number of rotatable bonds is 5. The number of para-hydroxylation sites is 2. The van der Waals surface area contributed by atoms with Crippen LogP contribution in [0.4, 0.5) is 20.2 Å². The first kappa shape index (κ1) is 19.0. The fourth-order valence-electron chi connectivity index (χ4n) is 2.81. The van der Waals surface area contributed by atoms with E-state index in [-0.39, 0.29) is 11.5 Å². The summed E-state index contributed by atoms with van der Waals surface area (Å²) in [6, 6.07) is 11.1. The Balaban J connectivity index is 1.82. The fraction of sp³-hybridized carbons (Fsp3) is 0.222. The number of carbonyl (C=O) groups excluding carboxylic acids is 2. The first-order valence-electron chi connectivity index (χ1n) is 8.13. The van der Waals surface area contributed by atoms with Gasteiger partial charge in [-0.15, -0.1) is 0 Å². The SMILES string of the molecule is O=C(Nc1ccccc1N1CCCC1=O)c1ccc(S(=O)(=O)C(F)F)cc1. The summed E-state index contributed by atoms with van der Waals surface area (Å²) in [5.74, 6) is -4.10. The molecular weight excluding hydrogens is 378 g/mol. The summed E-state index contributed by atoms with van der Waals surface area (Å²) in [7, 11) is -4.71. The molecule has 2 aromatic rings. The Hall–Kier alpha value is -2.81. The van der Waals surface area contributed by atoms with Crippen molar-refractivity contribution >= 4 is 33.0 Å². The second kappa shape index (κ2) is 7.43. The highest BCUT2D eigenvalue weighted by atomic mass is 32.2. The maximum absolute atomic E-state index is 12.6. The van der Waals surface area contributed by atoms with Gasteiger partial charge >= 0.3 is 5.76 Å². The van der Waals surface area contributed by atoms with Gasteiger partial charge in [-0.2, -0.15) is 8.78 Å². The Kier molecular flexibility index (Phi) is 5.22. The van der Waals surface area contributed by atoms with Crippen LogP contribution in [0.25, 0.3) is 0 Å². The number of nitrogens with zero attached hydrogens (tertiary/aromatic N) is 1. The molecule has 1 fully saturated rings. The van der Waals surface area contributed by atoms with E-state index in [9.17, 15) is 26.8 Å². The highest BCUT2D eigenvalue weighted by Gasteiger charge is 2.27. The molecular formula is C18H16F2N2O4S. The number of benzene rings is 2. The quantitative estimate of drug-likeness (QED) is 0.845. The molecule has 1 N–H and O–H groups in total. The van der Waals surface area contributed by atoms with E-state index in [1.165, 1.54) is 0 Å². The van der Waals surface area contributed by atoms with Gasteiger partial charge in [0.05, 0.1) is 16.3 Å². The number of carbonyl (C=O) groups is 2. The minimum absolute atomic E-state index is 0.0294. The topological polar surface area (TPSA) is 83.6 Å². The lowest BCUT2D eigenvalue weighted by atomic mass is 10.2. The molecule has 2 amide bonds. The van der Waals surface area contributed by atoms with Crippen molar-refractivity contribution in [3.63, 3.8) is 0 Å². The van der Waals surface area contributed by atoms with Gasteiger partial charge in [-0.1, -0.05) is 12.1 Å². The third-order valence-electron chi connectivity index (χ3n) is 4.20. The molecule has 0 spiro atoms. The van der Waals surface area contributed by atoms with Gasteiger partial charge in [-0.3, -0.25) is 9.59 Å². The van der Waals surface area contributed by atoms with Crippen LogP contribution < -0.4 is 10.2 Å². The van der Waals surface area contributed by atoms with Crippen LogP contribution in [0, 0.1) is 0 Å². The monoisotopic (exact) mass is 394 g/mol. The van der Waals surface area contributed by atoms with Crippen molar-refractivity contribution < 1.29 is 26.8 Å². The number of nitrogens with one attached hydrogen (secondary N) is 1. The third kappa shape index (κ3) is 3.82. The van der Waals surface area contributed by atoms with Crippen LogP contribution in [-0.4, -0.2) is 32.5 Å². The third-order valence-corrected chi connectivity index (χ3v) is 5.59. The van der Waals surface area contributed by atoms with Crippen LogP contribution >= 0.6 is 0 Å². The summed E-state index contributed by atoms with van der Waals surface area (Å²) in [4.78, 5) is 25.4. The molecule has 27 heavy (non-hydrogen) atoms. The van der Waals surface area contributed by atoms with Gasteiger partial charge in [0, 0.05) is 18.5 Å². The van der Waals surface area contributed by atoms with Crippen LogP contribution in [0.3, 0.4) is 0 Å². The van der Waals surface area contributed by atoms with Crippen molar-refractivity contribution in [2.24, 2.45) is 0 Å². The van der Waals surface area contributed by atoms with Gasteiger partial charge < -0.3 is 10.2 Å². The largest absolute Gasteiger partial charge is 0.341 e. The molecule has 1 saturated heterocycles. The molecule has 6 nitrogen and oxygen atoms in total. The average Bonchev–Trinajstić information content (AvgIpc) is 3.08. The summed E-state index contributed by atoms with van der Waals surface area (Å²) >= 11 is 0. The van der Waals surface area contributed by atoms with Gasteiger partial charge in [-0.05, 0) is 42.8 Å². The van der Waals surface area contributed by atoms with Gasteiger partial charge in [0.15, 0.2) is 0 Å². The van der Waals surface area contributed by atoms with Crippen LogP contribution in [-0.2, 0) is 14.6 Å². The number of sulfone groups is 1. The van der Waals surface area contributed by atoms with Crippen molar-refractivity contribution in [3.8, 4) is 0 Å². The Labute approximate surface area is 154 Å². The van der Waals surface area contributed by atoms with Crippen molar-refractivity contribution in [2.75, 3.05) is 16.8 Å². The lowest BCUT2D eigenvalue weighted by Crippen LogP contribution is -2.25. The number of alkyl halides is 2. The Morgan fingerprint density at radius 1 is 1.07 bits per heavy atom. The minimum Gasteiger partial charge on any atom is -0.320 e. The molecule has 0 atom stereocenters. The van der Waals surface area contributed by atoms with Crippen molar-refractivity contribution in [1.29, 1.82) is 0 Å². The summed E-state index contributed by atoms with van der Waals surface area (Å²) in [5, 5.41) is 2.67. The van der Waals surface area contributed by atoms with Crippen LogP contribution in [0.15, 0.2) is 53.4 Å². The summed E-state index contributed by atoms with van der Waals surface area (Å²) < 4.78 is 48.0. The summed E-state index contributed by atoms with van der Waals surface area (Å²) in [6.07, 6.45) is 1.18. The molecule has 0 unspecified atom stereocenters. The molecule has 0 aromatic heterocycles. The van der Waals surface area contributed by atoms with E-state index in [1.54, 1.807) is 29.2 Å². The summed E-state index contributed by atoms with van der Waals surface area (Å²) in [5.41, 5.74) is 1.11. The molecule has 9 heteroatoms. The second-order valence-electron chi connectivity index (χ2n) is 5.95. The van der Waals surface area contributed by atoms with Crippen LogP contribution in [0.5, 0.6) is 0 Å². The standard InChI is InChI=1S/C18H16F2N2O4S/c19-18(20)27(25,26)13-9-7-12(8-10-13)17(24)21-14-4-1-2-5-15(14)22-11-3-6-16(22)23/h1-2,4-5,7-10,18H,3,6,11H2,(H,21,24). The zero-order valence-electron chi connectivity index (χ0n) is 14.1. The molecule has 0 saturated carbocycles. The highest BCUT2D eigenvalue weighted by molar-refractivity contribution is 7.91. The molecule has 3 rings (SSSR count). The van der Waals surface area contributed by atoms with Crippen molar-refractivity contribution in [3.05, 3.63) is 54.1 Å². The predicted molar refractivity (Wildman–Crippen MR) is 95.6 cm³/mol. The van der Waals surface area contributed by atoms with Gasteiger partial charge in [0.25, 0.3) is 5.91 Å². The van der Waals surface area contributed by atoms with Crippen molar-refractivity contribution in [2.45, 2.75) is 23.5 Å². The van der Waals surface area contributed by atoms with Crippen LogP contribution in [0.1, 0.15) is 23.2 Å². The normalized spacial score (nSPS) is 14.6. The number of anilines is 2. The number of halogens is 2. The number of hydrogen-bond donors (Lipinski definition) is 1. The van der Waals surface area contributed by atoms with E-state index >= 15 is 0 Å². The maximum atomic E-state index is 12.6. The van der Waals surface area contributed by atoms with Gasteiger partial charge in [0.2, 0.25) is 15.7 Å². The van der Waals surface area contributed by atoms with E-state index in [0.29, 0.717) is 24.3 Å². The minimum atomic E-state index is -4.71. The molecule has 1 heterocycles. The van der Waals surface area contributed by atoms with Crippen LogP contribution in [0.2, 0.25) is 0 Å². The lowest BCUT2D eigenvalue weighted by Gasteiger charge is -2.20. The van der Waals surface area contributed by atoms with E-state index in [4.69, 9.17) is 0 Å². The van der Waals surface area contributed by atoms with Crippen molar-refractivity contribution in [1.82, 2.24) is 0 Å². The average molecular weight is 394 g/mol. The lowest BCUT2D eigenvalue weighted by molar-refractivity contribution is -0.117. The summed E-state index contributed by atoms with van der Waals surface area (Å²) in [6.45, 7) is 0.561. The fourth-order valence-corrected chi connectivity index (χ4v) is 3.53. The van der Waals surface area contributed by atoms with E-state index in [2.05, 4.69) is 5.32 Å². The first-order valence-corrected chi connectivity index (χ1v) is 9.68. The number of amides is 2. The molecule has 2 aromatic carbocycles. The Bertz CT molecular complexity index is 975. The number of hydrogen-bond acceptors (Lipinski definition) is 4. The molecule has 0 radical (unpaired) electrons. The van der Waals surface area contributed by atoms with Gasteiger partial charge in [0.1, 0.15) is 0 Å². The smallest absolute Gasteiger partial charge is 0.320 e. The zero-order valence-corrected chi connectivity index (χ0v) is 14.9. The predicted octanol–water partition coefficient (Wildman–Crippen LogP) is 3.06. The Morgan fingerprint density at radius 2 is 1.74 bits per heavy atom. The molecule has 1 aliphatic heterocycles. The van der Waals surface area contributed by atoms with E-state index < -0.39 is 26.4 Å². The highest BCUT2D eigenvalue weighted by Crippen LogP contribution is 2.29.